The summed E-state index contributed by atoms with van der Waals surface area (Å²) in [5.41, 5.74) is 13.0. The second kappa shape index (κ2) is 18.1. The average Bonchev–Trinajstić information content (AvgIpc) is 3.77. The molecule has 48 heavy (non-hydrogen) atoms. The summed E-state index contributed by atoms with van der Waals surface area (Å²) >= 11 is 1.30. The van der Waals surface area contributed by atoms with Crippen LogP contribution in [0.1, 0.15) is 74.9 Å². The molecule has 4 aliphatic rings. The van der Waals surface area contributed by atoms with Crippen LogP contribution in [0.2, 0.25) is 0 Å². The molecule has 0 saturated carbocycles. The van der Waals surface area contributed by atoms with E-state index in [1.54, 1.807) is 0 Å². The maximum absolute atomic E-state index is 11.9. The van der Waals surface area contributed by atoms with Gasteiger partial charge >= 0.3 is 28.4 Å². The van der Waals surface area contributed by atoms with Crippen molar-refractivity contribution >= 4 is 41.2 Å². The van der Waals surface area contributed by atoms with Crippen molar-refractivity contribution in [2.45, 2.75) is 58.8 Å². The molecule has 0 aliphatic heterocycles. The Morgan fingerprint density at radius 2 is 1.25 bits per heavy atom. The van der Waals surface area contributed by atoms with Gasteiger partial charge in [-0.25, -0.2) is 26.5 Å². The fraction of sp³-hybridized carbons (Fsp3) is 0.233. The number of rotatable bonds is 0. The topological polar surface area (TPSA) is 0 Å². The summed E-state index contributed by atoms with van der Waals surface area (Å²) in [6.07, 6.45) is 18.7. The second-order valence-electron chi connectivity index (χ2n) is 12.8. The van der Waals surface area contributed by atoms with Gasteiger partial charge in [0.25, 0.3) is 0 Å². The third-order valence-electron chi connectivity index (χ3n) is 8.30. The minimum atomic E-state index is -0.209. The van der Waals surface area contributed by atoms with Gasteiger partial charge in [0.15, 0.2) is 0 Å². The van der Waals surface area contributed by atoms with Crippen LogP contribution < -0.4 is 0 Å². The molecule has 0 radical (unpaired) electrons. The molecule has 0 spiro atoms. The van der Waals surface area contributed by atoms with E-state index in [2.05, 4.69) is 119 Å². The molecule has 250 valence electrons. The van der Waals surface area contributed by atoms with Crippen molar-refractivity contribution in [3.63, 3.8) is 0 Å². The summed E-state index contributed by atoms with van der Waals surface area (Å²) in [6.45, 7) is 13.4. The van der Waals surface area contributed by atoms with Gasteiger partial charge in [-0.15, -0.1) is 67.6 Å². The van der Waals surface area contributed by atoms with Gasteiger partial charge in [-0.1, -0.05) is 70.2 Å². The molecule has 8 rings (SSSR count). The van der Waals surface area contributed by atoms with E-state index in [1.165, 1.54) is 123 Å². The van der Waals surface area contributed by atoms with Gasteiger partial charge in [-0.2, -0.15) is 48.0 Å². The van der Waals surface area contributed by atoms with Crippen LogP contribution >= 0.6 is 24.8 Å². The summed E-state index contributed by atoms with van der Waals surface area (Å²) in [5.74, 6) is 0.137. The molecule has 0 N–H and O–H groups in total. The van der Waals surface area contributed by atoms with E-state index < -0.39 is 0 Å². The fourth-order valence-electron chi connectivity index (χ4n) is 5.89. The summed E-state index contributed by atoms with van der Waals surface area (Å²) in [5, 5.41) is 0. The third-order valence-corrected chi connectivity index (χ3v) is 8.30. The molecule has 0 nitrogen and oxygen atoms in total. The predicted molar refractivity (Wildman–Crippen MR) is 200 cm³/mol. The first kappa shape index (κ1) is 41.2. The van der Waals surface area contributed by atoms with Crippen molar-refractivity contribution in [2.75, 3.05) is 0 Å². The molecule has 0 aromatic heterocycles. The Balaban J connectivity index is 0.000000264. The Bertz CT molecular complexity index is 1670. The van der Waals surface area contributed by atoms with E-state index in [0.717, 1.165) is 6.42 Å². The van der Waals surface area contributed by atoms with E-state index in [-0.39, 0.29) is 47.3 Å². The van der Waals surface area contributed by atoms with E-state index in [1.807, 2.05) is 6.08 Å². The summed E-state index contributed by atoms with van der Waals surface area (Å²) in [7, 11) is 0. The Morgan fingerprint density at radius 1 is 0.750 bits per heavy atom. The van der Waals surface area contributed by atoms with Crippen LogP contribution in [0.15, 0.2) is 96.6 Å². The van der Waals surface area contributed by atoms with Gasteiger partial charge < -0.3 is 0 Å². The van der Waals surface area contributed by atoms with Crippen molar-refractivity contribution in [2.24, 2.45) is 5.92 Å². The van der Waals surface area contributed by atoms with Crippen molar-refractivity contribution in [1.82, 2.24) is 0 Å². The van der Waals surface area contributed by atoms with Gasteiger partial charge in [0.2, 0.25) is 0 Å². The van der Waals surface area contributed by atoms with E-state index in [0.29, 0.717) is 5.92 Å². The predicted octanol–water partition coefficient (Wildman–Crippen LogP) is 11.7. The molecular weight excluding hydrogens is 717 g/mol. The fourth-order valence-corrected chi connectivity index (χ4v) is 5.89. The average molecular weight is 759 g/mol. The molecule has 0 saturated heterocycles. The zero-order chi connectivity index (χ0) is 33.5. The standard InChI is InChI=1S/C23H21.C7H9.2C6H4F.CH2.2ClH.Zr/c1-22(2)7-5-14-10-18-16(12-20(14)22)9-17-13-21-15(11-19(17)18)6-8-23(21,3)4;1-6-3-4-7(2)5-6;2*7-6-4-2-1-3-5-6;;;;/h5-7,10-13H,9H2,1-4H3;3,5,7H,1-2H3;2*2-5H;1H2;2*1H;/q4*-1;;;;. The van der Waals surface area contributed by atoms with E-state index in [9.17, 15) is 8.78 Å². The summed E-state index contributed by atoms with van der Waals surface area (Å²) in [6, 6.07) is 26.6. The van der Waals surface area contributed by atoms with Gasteiger partial charge in [0, 0.05) is 17.0 Å². The molecule has 1 unspecified atom stereocenters. The van der Waals surface area contributed by atoms with Crippen LogP contribution in [0.4, 0.5) is 8.78 Å². The zero-order valence-corrected chi connectivity index (χ0v) is 32.5. The number of allylic oxidation sites excluding steroid dienone is 6. The van der Waals surface area contributed by atoms with Gasteiger partial charge in [-0.3, -0.25) is 12.2 Å². The van der Waals surface area contributed by atoms with Crippen LogP contribution in [0, 0.1) is 41.8 Å². The molecule has 4 aromatic rings. The molecular formula is C43H42Cl2F2Zr-4. The monoisotopic (exact) mass is 756 g/mol. The minimum absolute atomic E-state index is 0. The van der Waals surface area contributed by atoms with Crippen LogP contribution in [0.5, 0.6) is 0 Å². The molecule has 0 bridgehead atoms. The molecule has 4 aliphatic carbocycles. The molecule has 5 heteroatoms. The Morgan fingerprint density at radius 3 is 1.67 bits per heavy atom. The quantitative estimate of drug-likeness (QED) is 0.138. The first-order chi connectivity index (χ1) is 21.9. The maximum atomic E-state index is 11.9. The van der Waals surface area contributed by atoms with Crippen molar-refractivity contribution < 1.29 is 33.0 Å². The molecule has 0 amide bonds. The van der Waals surface area contributed by atoms with Crippen molar-refractivity contribution in [1.29, 1.82) is 0 Å². The van der Waals surface area contributed by atoms with Crippen LogP contribution in [-0.2, 0) is 41.5 Å². The molecule has 1 atom stereocenters. The van der Waals surface area contributed by atoms with Crippen LogP contribution in [-0.4, -0.2) is 4.21 Å². The molecule has 0 heterocycles. The number of hydrogen-bond acceptors (Lipinski definition) is 0. The third kappa shape index (κ3) is 10.3. The SMILES string of the molecule is CC1(C)[C-]=Cc2cc3c(cc21)Cc1cc2c(cc1-3)C=CC2(C)C.CC1=CC(C)[C-]=C1.Cl.Cl.Fc1cc[c-]cc1.Fc1cc[c-]cc1.[CH2]=[Zr]. The molecule has 0 fully saturated rings. The summed E-state index contributed by atoms with van der Waals surface area (Å²) < 4.78 is 27.1. The Labute approximate surface area is 313 Å². The van der Waals surface area contributed by atoms with Gasteiger partial charge in [0.1, 0.15) is 0 Å². The summed E-state index contributed by atoms with van der Waals surface area (Å²) in [4.78, 5) is 0. The number of halogens is 4. The van der Waals surface area contributed by atoms with E-state index in [4.69, 9.17) is 0 Å². The van der Waals surface area contributed by atoms with Crippen molar-refractivity contribution in [3.8, 4) is 11.1 Å². The van der Waals surface area contributed by atoms with Crippen LogP contribution in [0.3, 0.4) is 0 Å². The Kier molecular flexibility index (Phi) is 15.6. The second-order valence-corrected chi connectivity index (χ2v) is 12.8. The van der Waals surface area contributed by atoms with Gasteiger partial charge in [-0.05, 0) is 45.9 Å². The number of hydrogen-bond donors (Lipinski definition) is 0. The number of benzene rings is 4. The number of fused-ring (bicyclic) bond motifs is 5. The van der Waals surface area contributed by atoms with E-state index >= 15 is 0 Å². The zero-order valence-electron chi connectivity index (χ0n) is 28.4. The van der Waals surface area contributed by atoms with Gasteiger partial charge in [0.05, 0.1) is 0 Å². The molecule has 4 aromatic carbocycles. The normalized spacial score (nSPS) is 16.5. The Hall–Kier alpha value is -2.97. The van der Waals surface area contributed by atoms with Crippen molar-refractivity contribution in [3.05, 3.63) is 166 Å². The first-order valence-corrected chi connectivity index (χ1v) is 17.2. The first-order valence-electron chi connectivity index (χ1n) is 15.4. The van der Waals surface area contributed by atoms with Crippen LogP contribution in [0.25, 0.3) is 23.3 Å².